The van der Waals surface area contributed by atoms with E-state index in [1.165, 1.54) is 11.1 Å². The van der Waals surface area contributed by atoms with Gasteiger partial charge in [-0.05, 0) is 41.7 Å². The fourth-order valence-corrected chi connectivity index (χ4v) is 3.51. The van der Waals surface area contributed by atoms with Crippen molar-refractivity contribution in [2.75, 3.05) is 5.33 Å². The van der Waals surface area contributed by atoms with E-state index in [-0.39, 0.29) is 0 Å². The monoisotopic (exact) mass is 420 g/mol. The maximum absolute atomic E-state index is 6.06. The molecular formula is C15H12Br2Cl2. The summed E-state index contributed by atoms with van der Waals surface area (Å²) in [6, 6.07) is 14.1. The molecule has 0 aliphatic carbocycles. The molecule has 2 aromatic carbocycles. The Morgan fingerprint density at radius 1 is 1.00 bits per heavy atom. The first-order chi connectivity index (χ1) is 9.11. The van der Waals surface area contributed by atoms with Gasteiger partial charge < -0.3 is 0 Å². The molecule has 0 aromatic heterocycles. The zero-order chi connectivity index (χ0) is 13.8. The summed E-state index contributed by atoms with van der Waals surface area (Å²) in [7, 11) is 0. The first-order valence-electron chi connectivity index (χ1n) is 5.86. The summed E-state index contributed by atoms with van der Waals surface area (Å²) in [6.07, 6.45) is 0.921. The van der Waals surface area contributed by atoms with Crippen LogP contribution in [0.3, 0.4) is 0 Å². The minimum Gasteiger partial charge on any atom is -0.0921 e. The van der Waals surface area contributed by atoms with Crippen LogP contribution >= 0.6 is 55.1 Å². The second-order valence-electron chi connectivity index (χ2n) is 4.33. The van der Waals surface area contributed by atoms with Gasteiger partial charge in [0, 0.05) is 9.80 Å². The average Bonchev–Trinajstić information content (AvgIpc) is 2.41. The van der Waals surface area contributed by atoms with Crippen LogP contribution in [0.15, 0.2) is 46.9 Å². The van der Waals surface area contributed by atoms with Crippen LogP contribution in [0.5, 0.6) is 0 Å². The van der Waals surface area contributed by atoms with Gasteiger partial charge in [0.1, 0.15) is 0 Å². The molecule has 0 bridgehead atoms. The van der Waals surface area contributed by atoms with Gasteiger partial charge in [0.2, 0.25) is 0 Å². The summed E-state index contributed by atoms with van der Waals surface area (Å²) in [5.41, 5.74) is 2.49. The van der Waals surface area contributed by atoms with E-state index in [1.807, 2.05) is 24.3 Å². The number of alkyl halides is 1. The van der Waals surface area contributed by atoms with Gasteiger partial charge in [0.05, 0.1) is 10.0 Å². The zero-order valence-electron chi connectivity index (χ0n) is 10.0. The molecule has 0 N–H and O–H groups in total. The number of rotatable bonds is 4. The molecule has 0 aliphatic heterocycles. The Kier molecular flexibility index (Phi) is 5.76. The molecule has 0 nitrogen and oxygen atoms in total. The Morgan fingerprint density at radius 3 is 2.37 bits per heavy atom. The fraction of sp³-hybridized carbons (Fsp3) is 0.200. The summed E-state index contributed by atoms with van der Waals surface area (Å²) in [4.78, 5) is 0. The van der Waals surface area contributed by atoms with Crippen molar-refractivity contribution in [3.8, 4) is 0 Å². The highest BCUT2D eigenvalue weighted by Crippen LogP contribution is 2.31. The lowest BCUT2D eigenvalue weighted by Crippen LogP contribution is -2.05. The van der Waals surface area contributed by atoms with E-state index in [2.05, 4.69) is 50.1 Å². The lowest BCUT2D eigenvalue weighted by atomic mass is 9.94. The molecule has 0 amide bonds. The van der Waals surface area contributed by atoms with E-state index in [0.29, 0.717) is 16.0 Å². The van der Waals surface area contributed by atoms with Crippen LogP contribution in [0.2, 0.25) is 10.0 Å². The lowest BCUT2D eigenvalue weighted by molar-refractivity contribution is 0.771. The first kappa shape index (κ1) is 15.4. The van der Waals surface area contributed by atoms with Crippen LogP contribution in [-0.2, 0) is 6.42 Å². The second kappa shape index (κ2) is 7.12. The summed E-state index contributed by atoms with van der Waals surface area (Å²) in [5, 5.41) is 2.11. The summed E-state index contributed by atoms with van der Waals surface area (Å²) in [6.45, 7) is 0. The molecule has 2 rings (SSSR count). The molecule has 19 heavy (non-hydrogen) atoms. The van der Waals surface area contributed by atoms with Crippen LogP contribution in [0.1, 0.15) is 17.0 Å². The minimum atomic E-state index is 0.396. The first-order valence-corrected chi connectivity index (χ1v) is 8.53. The van der Waals surface area contributed by atoms with Crippen LogP contribution in [-0.4, -0.2) is 5.33 Å². The third-order valence-corrected chi connectivity index (χ3v) is 5.24. The highest BCUT2D eigenvalue weighted by atomic mass is 79.9. The standard InChI is InChI=1S/C15H12Br2Cl2/c16-9-11(12-3-1-2-4-13(12)17)7-10-5-6-14(18)15(19)8-10/h1-6,8,11H,7,9H2. The molecule has 4 heteroatoms. The SMILES string of the molecule is Clc1ccc(CC(CBr)c2ccccc2Br)cc1Cl. The number of hydrogen-bond donors (Lipinski definition) is 0. The highest BCUT2D eigenvalue weighted by Gasteiger charge is 2.14. The van der Waals surface area contributed by atoms with Gasteiger partial charge >= 0.3 is 0 Å². The summed E-state index contributed by atoms with van der Waals surface area (Å²) >= 11 is 19.2. The van der Waals surface area contributed by atoms with Crippen molar-refractivity contribution in [2.24, 2.45) is 0 Å². The second-order valence-corrected chi connectivity index (χ2v) is 6.64. The Bertz CT molecular complexity index is 570. The maximum Gasteiger partial charge on any atom is 0.0595 e. The molecule has 0 aliphatic rings. The van der Waals surface area contributed by atoms with Gasteiger partial charge in [0.25, 0.3) is 0 Å². The number of benzene rings is 2. The fourth-order valence-electron chi connectivity index (χ4n) is 2.00. The van der Waals surface area contributed by atoms with Gasteiger partial charge in [-0.2, -0.15) is 0 Å². The molecule has 100 valence electrons. The molecule has 0 heterocycles. The molecule has 0 radical (unpaired) electrons. The molecule has 1 unspecified atom stereocenters. The van der Waals surface area contributed by atoms with E-state index in [9.17, 15) is 0 Å². The number of halogens is 4. The maximum atomic E-state index is 6.06. The van der Waals surface area contributed by atoms with Crippen molar-refractivity contribution in [3.05, 3.63) is 68.1 Å². The largest absolute Gasteiger partial charge is 0.0921 e. The minimum absolute atomic E-state index is 0.396. The summed E-state index contributed by atoms with van der Waals surface area (Å²) in [5.74, 6) is 0.396. The quantitative estimate of drug-likeness (QED) is 0.495. The van der Waals surface area contributed by atoms with E-state index in [1.54, 1.807) is 0 Å². The lowest BCUT2D eigenvalue weighted by Gasteiger charge is -2.16. The molecule has 2 aromatic rings. The smallest absolute Gasteiger partial charge is 0.0595 e. The van der Waals surface area contributed by atoms with Crippen molar-refractivity contribution in [3.63, 3.8) is 0 Å². The van der Waals surface area contributed by atoms with Crippen molar-refractivity contribution in [1.82, 2.24) is 0 Å². The zero-order valence-corrected chi connectivity index (χ0v) is 14.7. The Morgan fingerprint density at radius 2 is 1.74 bits per heavy atom. The highest BCUT2D eigenvalue weighted by molar-refractivity contribution is 9.10. The normalized spacial score (nSPS) is 12.4. The van der Waals surface area contributed by atoms with E-state index in [4.69, 9.17) is 23.2 Å². The predicted octanol–water partition coefficient (Wildman–Crippen LogP) is 6.48. The van der Waals surface area contributed by atoms with Gasteiger partial charge in [-0.1, -0.05) is 79.3 Å². The van der Waals surface area contributed by atoms with Crippen molar-refractivity contribution in [1.29, 1.82) is 0 Å². The van der Waals surface area contributed by atoms with E-state index in [0.717, 1.165) is 16.2 Å². The molecule has 0 saturated carbocycles. The Hall–Kier alpha value is -0.0200. The predicted molar refractivity (Wildman–Crippen MR) is 90.8 cm³/mol. The Balaban J connectivity index is 2.24. The van der Waals surface area contributed by atoms with E-state index < -0.39 is 0 Å². The average molecular weight is 423 g/mol. The van der Waals surface area contributed by atoms with Crippen molar-refractivity contribution < 1.29 is 0 Å². The van der Waals surface area contributed by atoms with Gasteiger partial charge in [-0.15, -0.1) is 0 Å². The van der Waals surface area contributed by atoms with Gasteiger partial charge in [0.15, 0.2) is 0 Å². The molecule has 0 spiro atoms. The topological polar surface area (TPSA) is 0 Å². The molecule has 0 fully saturated rings. The molecular weight excluding hydrogens is 411 g/mol. The summed E-state index contributed by atoms with van der Waals surface area (Å²) < 4.78 is 1.14. The van der Waals surface area contributed by atoms with Crippen LogP contribution in [0, 0.1) is 0 Å². The van der Waals surface area contributed by atoms with Crippen molar-refractivity contribution >= 4 is 55.1 Å². The van der Waals surface area contributed by atoms with Crippen LogP contribution < -0.4 is 0 Å². The van der Waals surface area contributed by atoms with Crippen LogP contribution in [0.25, 0.3) is 0 Å². The van der Waals surface area contributed by atoms with Crippen LogP contribution in [0.4, 0.5) is 0 Å². The van der Waals surface area contributed by atoms with Gasteiger partial charge in [-0.3, -0.25) is 0 Å². The van der Waals surface area contributed by atoms with E-state index >= 15 is 0 Å². The van der Waals surface area contributed by atoms with Crippen molar-refractivity contribution in [2.45, 2.75) is 12.3 Å². The van der Waals surface area contributed by atoms with Gasteiger partial charge in [-0.25, -0.2) is 0 Å². The number of hydrogen-bond acceptors (Lipinski definition) is 0. The third-order valence-electron chi connectivity index (χ3n) is 3.00. The molecule has 0 saturated heterocycles. The third kappa shape index (κ3) is 3.98. The molecule has 1 atom stereocenters. The Labute approximate surface area is 140 Å².